The SMILES string of the molecule is CC(C)(C)COC(=O)C1CCC2(CC1)OOC1(O2)C2CC3CC(C2)CC1C3. The normalized spacial score (nSPS) is 48.5. The second-order valence-electron chi connectivity index (χ2n) is 11.1. The fraction of sp³-hybridized carbons (Fsp3) is 0.955. The van der Waals surface area contributed by atoms with Crippen LogP contribution in [0.1, 0.15) is 78.6 Å². The summed E-state index contributed by atoms with van der Waals surface area (Å²) in [6.07, 6.45) is 9.27. The molecule has 0 unspecified atom stereocenters. The monoisotopic (exact) mass is 378 g/mol. The molecule has 0 aromatic carbocycles. The van der Waals surface area contributed by atoms with Gasteiger partial charge in [0.25, 0.3) is 0 Å². The lowest BCUT2D eigenvalue weighted by atomic mass is 9.53. The van der Waals surface area contributed by atoms with Crippen molar-refractivity contribution in [2.75, 3.05) is 6.61 Å². The minimum Gasteiger partial charge on any atom is -0.465 e. The molecular formula is C22H34O5. The summed E-state index contributed by atoms with van der Waals surface area (Å²) in [6, 6.07) is 0. The molecule has 0 aromatic rings. The Morgan fingerprint density at radius 2 is 1.56 bits per heavy atom. The first-order chi connectivity index (χ1) is 12.8. The molecule has 6 aliphatic rings. The number of ether oxygens (including phenoxy) is 2. The Morgan fingerprint density at radius 1 is 0.963 bits per heavy atom. The van der Waals surface area contributed by atoms with E-state index < -0.39 is 11.6 Å². The van der Waals surface area contributed by atoms with Crippen molar-refractivity contribution < 1.29 is 24.0 Å². The predicted octanol–water partition coefficient (Wildman–Crippen LogP) is 4.59. The number of rotatable bonds is 2. The lowest BCUT2D eigenvalue weighted by Crippen LogP contribution is -2.59. The van der Waals surface area contributed by atoms with Crippen molar-refractivity contribution in [2.24, 2.45) is 35.0 Å². The van der Waals surface area contributed by atoms with E-state index in [9.17, 15) is 4.79 Å². The highest BCUT2D eigenvalue weighted by molar-refractivity contribution is 5.72. The zero-order chi connectivity index (χ0) is 18.9. The van der Waals surface area contributed by atoms with Gasteiger partial charge in [0, 0.05) is 24.7 Å². The van der Waals surface area contributed by atoms with Gasteiger partial charge < -0.3 is 9.47 Å². The van der Waals surface area contributed by atoms with Gasteiger partial charge in [-0.15, -0.1) is 0 Å². The fourth-order valence-electron chi connectivity index (χ4n) is 6.49. The van der Waals surface area contributed by atoms with Crippen LogP contribution in [0.4, 0.5) is 0 Å². The van der Waals surface area contributed by atoms with Gasteiger partial charge in [0.1, 0.15) is 0 Å². The lowest BCUT2D eigenvalue weighted by molar-refractivity contribution is -0.390. The van der Waals surface area contributed by atoms with Crippen LogP contribution >= 0.6 is 0 Å². The third kappa shape index (κ3) is 3.14. The molecule has 2 spiro atoms. The number of esters is 1. The molecule has 1 aliphatic heterocycles. The van der Waals surface area contributed by atoms with Crippen LogP contribution in [-0.2, 0) is 24.0 Å². The van der Waals surface area contributed by atoms with Crippen LogP contribution < -0.4 is 0 Å². The van der Waals surface area contributed by atoms with Crippen LogP contribution in [0.5, 0.6) is 0 Å². The zero-order valence-corrected chi connectivity index (χ0v) is 17.0. The van der Waals surface area contributed by atoms with Gasteiger partial charge in [-0.05, 0) is 62.2 Å². The van der Waals surface area contributed by atoms with E-state index in [2.05, 4.69) is 20.8 Å². The summed E-state index contributed by atoms with van der Waals surface area (Å²) in [6.45, 7) is 6.72. The van der Waals surface area contributed by atoms with Gasteiger partial charge in [-0.3, -0.25) is 4.79 Å². The predicted molar refractivity (Wildman–Crippen MR) is 98.1 cm³/mol. The van der Waals surface area contributed by atoms with Crippen molar-refractivity contribution in [3.05, 3.63) is 0 Å². The molecule has 5 nitrogen and oxygen atoms in total. The molecule has 5 aliphatic carbocycles. The Hall–Kier alpha value is -0.650. The van der Waals surface area contributed by atoms with Gasteiger partial charge in [0.2, 0.25) is 11.6 Å². The van der Waals surface area contributed by atoms with Crippen LogP contribution in [0.15, 0.2) is 0 Å². The average Bonchev–Trinajstić information content (AvgIpc) is 2.97. The van der Waals surface area contributed by atoms with Gasteiger partial charge >= 0.3 is 5.97 Å². The van der Waals surface area contributed by atoms with E-state index in [1.165, 1.54) is 32.1 Å². The highest BCUT2D eigenvalue weighted by Gasteiger charge is 2.66. The average molecular weight is 379 g/mol. The number of carbonyl (C=O) groups is 1. The van der Waals surface area contributed by atoms with Gasteiger partial charge in [0.05, 0.1) is 12.5 Å². The Balaban J connectivity index is 1.21. The van der Waals surface area contributed by atoms with E-state index in [1.54, 1.807) is 0 Å². The summed E-state index contributed by atoms with van der Waals surface area (Å²) in [5, 5.41) is 0. The summed E-state index contributed by atoms with van der Waals surface area (Å²) >= 11 is 0. The van der Waals surface area contributed by atoms with Crippen molar-refractivity contribution in [3.63, 3.8) is 0 Å². The first-order valence-corrected chi connectivity index (χ1v) is 11.0. The Labute approximate surface area is 162 Å². The molecule has 4 bridgehead atoms. The maximum Gasteiger partial charge on any atom is 0.308 e. The third-order valence-electron chi connectivity index (χ3n) is 7.67. The Bertz CT molecular complexity index is 570. The van der Waals surface area contributed by atoms with E-state index in [-0.39, 0.29) is 17.3 Å². The maximum atomic E-state index is 12.4. The molecule has 0 amide bonds. The van der Waals surface area contributed by atoms with E-state index in [0.29, 0.717) is 18.4 Å². The van der Waals surface area contributed by atoms with E-state index in [4.69, 9.17) is 19.2 Å². The molecule has 0 atom stereocenters. The molecule has 5 saturated carbocycles. The molecular weight excluding hydrogens is 344 g/mol. The van der Waals surface area contributed by atoms with Crippen LogP contribution in [0, 0.1) is 35.0 Å². The fourth-order valence-corrected chi connectivity index (χ4v) is 6.49. The maximum absolute atomic E-state index is 12.4. The van der Waals surface area contributed by atoms with Gasteiger partial charge in [-0.25, -0.2) is 0 Å². The van der Waals surface area contributed by atoms with Crippen molar-refractivity contribution in [1.82, 2.24) is 0 Å². The van der Waals surface area contributed by atoms with Crippen molar-refractivity contribution in [1.29, 1.82) is 0 Å². The summed E-state index contributed by atoms with van der Waals surface area (Å²) in [5.41, 5.74) is 0.00289. The number of carbonyl (C=O) groups excluding carboxylic acids is 1. The van der Waals surface area contributed by atoms with Gasteiger partial charge in [-0.2, -0.15) is 9.78 Å². The van der Waals surface area contributed by atoms with Crippen LogP contribution in [-0.4, -0.2) is 24.2 Å². The second kappa shape index (κ2) is 6.17. The van der Waals surface area contributed by atoms with Crippen LogP contribution in [0.3, 0.4) is 0 Å². The number of hydrogen-bond acceptors (Lipinski definition) is 5. The molecule has 27 heavy (non-hydrogen) atoms. The molecule has 1 saturated heterocycles. The van der Waals surface area contributed by atoms with Gasteiger partial charge in [0.15, 0.2) is 0 Å². The van der Waals surface area contributed by atoms with E-state index >= 15 is 0 Å². The number of hydrogen-bond donors (Lipinski definition) is 0. The molecule has 1 heterocycles. The van der Waals surface area contributed by atoms with Crippen LogP contribution in [0.25, 0.3) is 0 Å². The quantitative estimate of drug-likeness (QED) is 0.519. The molecule has 6 rings (SSSR count). The minimum atomic E-state index is -0.643. The highest BCUT2D eigenvalue weighted by Crippen LogP contribution is 2.63. The third-order valence-corrected chi connectivity index (χ3v) is 7.67. The van der Waals surface area contributed by atoms with E-state index in [0.717, 1.165) is 37.5 Å². The molecule has 0 N–H and O–H groups in total. The molecule has 152 valence electrons. The summed E-state index contributed by atoms with van der Waals surface area (Å²) in [7, 11) is 0. The smallest absolute Gasteiger partial charge is 0.308 e. The van der Waals surface area contributed by atoms with Crippen molar-refractivity contribution in [3.8, 4) is 0 Å². The Kier molecular flexibility index (Phi) is 4.20. The Morgan fingerprint density at radius 3 is 2.11 bits per heavy atom. The summed E-state index contributed by atoms with van der Waals surface area (Å²) in [4.78, 5) is 24.4. The summed E-state index contributed by atoms with van der Waals surface area (Å²) < 4.78 is 12.2. The molecule has 0 radical (unpaired) electrons. The van der Waals surface area contributed by atoms with Crippen molar-refractivity contribution in [2.45, 2.75) is 90.1 Å². The first kappa shape index (κ1) is 18.4. The second-order valence-corrected chi connectivity index (χ2v) is 11.1. The van der Waals surface area contributed by atoms with E-state index in [1.807, 2.05) is 0 Å². The van der Waals surface area contributed by atoms with Crippen molar-refractivity contribution >= 4 is 5.97 Å². The highest BCUT2D eigenvalue weighted by atomic mass is 17.3. The summed E-state index contributed by atoms with van der Waals surface area (Å²) in [5.74, 6) is 1.46. The molecule has 0 aromatic heterocycles. The zero-order valence-electron chi connectivity index (χ0n) is 17.0. The standard InChI is InChI=1S/C22H34O5/c1-20(2,3)13-24-19(23)16-4-6-21(7-5-16)25-22(27-26-21)17-9-14-8-15(11-17)12-18(22)10-14/h14-18H,4-13H2,1-3H3. The molecule has 5 heteroatoms. The first-order valence-electron chi connectivity index (χ1n) is 11.0. The lowest BCUT2D eigenvalue weighted by Gasteiger charge is -2.57. The minimum absolute atomic E-state index is 0.00289. The van der Waals surface area contributed by atoms with Crippen LogP contribution in [0.2, 0.25) is 0 Å². The molecule has 6 fully saturated rings. The van der Waals surface area contributed by atoms with Gasteiger partial charge in [-0.1, -0.05) is 20.8 Å². The topological polar surface area (TPSA) is 54.0 Å². The largest absolute Gasteiger partial charge is 0.465 e.